The minimum absolute atomic E-state index is 0.183. The standard InChI is InChI=1S/C17H22FN5O2S/c18-12-1-3-13(4-2-12)24-11-16-20-21-17(23(16)19)26-8-7-22-9-14-5-6-15(10-22)25-14/h1-4,14-15H,5-11,19H2. The maximum atomic E-state index is 12.9. The van der Waals surface area contributed by atoms with E-state index in [0.29, 0.717) is 28.9 Å². The molecule has 2 unspecified atom stereocenters. The van der Waals surface area contributed by atoms with Gasteiger partial charge in [-0.15, -0.1) is 10.2 Å². The molecule has 2 bridgehead atoms. The Kier molecular flexibility index (Phi) is 5.28. The first-order valence-corrected chi connectivity index (χ1v) is 9.74. The summed E-state index contributed by atoms with van der Waals surface area (Å²) in [5.74, 6) is 7.75. The molecule has 2 aliphatic heterocycles. The van der Waals surface area contributed by atoms with Crippen molar-refractivity contribution in [2.24, 2.45) is 0 Å². The molecule has 7 nitrogen and oxygen atoms in total. The summed E-state index contributed by atoms with van der Waals surface area (Å²) in [4.78, 5) is 2.45. The van der Waals surface area contributed by atoms with Gasteiger partial charge in [-0.25, -0.2) is 9.07 Å². The molecule has 3 heterocycles. The molecule has 9 heteroatoms. The Labute approximate surface area is 155 Å². The Morgan fingerprint density at radius 1 is 1.19 bits per heavy atom. The van der Waals surface area contributed by atoms with Gasteiger partial charge in [0.05, 0.1) is 12.2 Å². The first-order valence-electron chi connectivity index (χ1n) is 8.76. The second-order valence-electron chi connectivity index (χ2n) is 6.58. The topological polar surface area (TPSA) is 78.4 Å². The highest BCUT2D eigenvalue weighted by molar-refractivity contribution is 7.99. The minimum Gasteiger partial charge on any atom is -0.486 e. The van der Waals surface area contributed by atoms with E-state index in [2.05, 4.69) is 15.1 Å². The molecule has 2 fully saturated rings. The first-order chi connectivity index (χ1) is 12.7. The molecular formula is C17H22FN5O2S. The largest absolute Gasteiger partial charge is 0.486 e. The number of morpholine rings is 1. The van der Waals surface area contributed by atoms with Crippen molar-refractivity contribution in [3.05, 3.63) is 35.9 Å². The van der Waals surface area contributed by atoms with Gasteiger partial charge in [0.15, 0.2) is 5.82 Å². The quantitative estimate of drug-likeness (QED) is 0.579. The third kappa shape index (κ3) is 4.11. The third-order valence-electron chi connectivity index (χ3n) is 4.67. The minimum atomic E-state index is -0.300. The van der Waals surface area contributed by atoms with Crippen molar-refractivity contribution in [3.8, 4) is 5.75 Å². The van der Waals surface area contributed by atoms with E-state index < -0.39 is 0 Å². The number of nitrogens with two attached hydrogens (primary N) is 1. The van der Waals surface area contributed by atoms with Crippen LogP contribution in [-0.2, 0) is 11.3 Å². The lowest BCUT2D eigenvalue weighted by atomic mass is 10.2. The van der Waals surface area contributed by atoms with Crippen molar-refractivity contribution in [1.29, 1.82) is 0 Å². The molecule has 1 aromatic carbocycles. The lowest BCUT2D eigenvalue weighted by Gasteiger charge is -2.31. The van der Waals surface area contributed by atoms with Crippen LogP contribution in [0.5, 0.6) is 5.75 Å². The maximum Gasteiger partial charge on any atom is 0.209 e. The molecule has 2 atom stereocenters. The van der Waals surface area contributed by atoms with Crippen molar-refractivity contribution in [1.82, 2.24) is 19.8 Å². The van der Waals surface area contributed by atoms with Gasteiger partial charge < -0.3 is 15.3 Å². The van der Waals surface area contributed by atoms with Gasteiger partial charge >= 0.3 is 0 Å². The second-order valence-corrected chi connectivity index (χ2v) is 7.64. The van der Waals surface area contributed by atoms with Crippen LogP contribution in [0.25, 0.3) is 0 Å². The number of rotatable bonds is 7. The molecule has 140 valence electrons. The average Bonchev–Trinajstić information content (AvgIpc) is 3.17. The van der Waals surface area contributed by atoms with Crippen LogP contribution >= 0.6 is 11.8 Å². The molecule has 1 aromatic heterocycles. The Morgan fingerprint density at radius 2 is 1.92 bits per heavy atom. The molecule has 0 radical (unpaired) electrons. The molecule has 0 saturated carbocycles. The number of benzene rings is 1. The Hall–Kier alpha value is -1.84. The first kappa shape index (κ1) is 17.6. The summed E-state index contributed by atoms with van der Waals surface area (Å²) in [7, 11) is 0. The van der Waals surface area contributed by atoms with Crippen LogP contribution in [0.4, 0.5) is 4.39 Å². The highest BCUT2D eigenvalue weighted by Gasteiger charge is 2.33. The smallest absolute Gasteiger partial charge is 0.209 e. The van der Waals surface area contributed by atoms with Crippen molar-refractivity contribution < 1.29 is 13.9 Å². The fourth-order valence-corrected chi connectivity index (χ4v) is 4.21. The summed E-state index contributed by atoms with van der Waals surface area (Å²) in [6.45, 7) is 3.20. The van der Waals surface area contributed by atoms with Crippen LogP contribution < -0.4 is 10.6 Å². The van der Waals surface area contributed by atoms with E-state index >= 15 is 0 Å². The van der Waals surface area contributed by atoms with Crippen molar-refractivity contribution in [2.45, 2.75) is 36.8 Å². The van der Waals surface area contributed by atoms with Gasteiger partial charge in [-0.3, -0.25) is 4.90 Å². The van der Waals surface area contributed by atoms with E-state index in [1.807, 2.05) is 0 Å². The number of likely N-dealkylation sites (tertiary alicyclic amines) is 1. The summed E-state index contributed by atoms with van der Waals surface area (Å²) < 4.78 is 25.8. The number of halogens is 1. The van der Waals surface area contributed by atoms with Gasteiger partial charge in [-0.05, 0) is 37.1 Å². The van der Waals surface area contributed by atoms with E-state index in [9.17, 15) is 4.39 Å². The van der Waals surface area contributed by atoms with Crippen LogP contribution in [0, 0.1) is 5.82 Å². The number of thioether (sulfide) groups is 1. The molecule has 2 aliphatic rings. The zero-order valence-corrected chi connectivity index (χ0v) is 15.2. The van der Waals surface area contributed by atoms with Crippen LogP contribution in [0.2, 0.25) is 0 Å². The third-order valence-corrected chi connectivity index (χ3v) is 5.60. The number of hydrogen-bond donors (Lipinski definition) is 1. The normalized spacial score (nSPS) is 22.7. The van der Waals surface area contributed by atoms with Gasteiger partial charge in [0.25, 0.3) is 0 Å². The number of ether oxygens (including phenoxy) is 2. The molecule has 26 heavy (non-hydrogen) atoms. The van der Waals surface area contributed by atoms with E-state index in [1.165, 1.54) is 29.7 Å². The van der Waals surface area contributed by atoms with Crippen molar-refractivity contribution in [2.75, 3.05) is 31.2 Å². The lowest BCUT2D eigenvalue weighted by molar-refractivity contribution is -0.0360. The highest BCUT2D eigenvalue weighted by atomic mass is 32.2. The van der Waals surface area contributed by atoms with Gasteiger partial charge in [0.2, 0.25) is 5.16 Å². The Bertz CT molecular complexity index is 729. The van der Waals surface area contributed by atoms with Gasteiger partial charge in [0, 0.05) is 25.4 Å². The zero-order chi connectivity index (χ0) is 17.9. The summed E-state index contributed by atoms with van der Waals surface area (Å²) in [5.41, 5.74) is 0. The SMILES string of the molecule is Nn1c(COc2ccc(F)cc2)nnc1SCCN1CC2CCC(C1)O2. The summed E-state index contributed by atoms with van der Waals surface area (Å²) in [5, 5.41) is 8.88. The molecule has 2 aromatic rings. The number of nitrogens with zero attached hydrogens (tertiary/aromatic N) is 4. The zero-order valence-electron chi connectivity index (χ0n) is 14.4. The molecule has 4 rings (SSSR count). The number of aromatic nitrogens is 3. The summed E-state index contributed by atoms with van der Waals surface area (Å²) in [6, 6.07) is 5.83. The fourth-order valence-electron chi connectivity index (χ4n) is 3.33. The molecule has 2 N–H and O–H groups in total. The van der Waals surface area contributed by atoms with Gasteiger partial charge in [0.1, 0.15) is 18.2 Å². The maximum absolute atomic E-state index is 12.9. The second kappa shape index (κ2) is 7.81. The van der Waals surface area contributed by atoms with Crippen LogP contribution in [0.1, 0.15) is 18.7 Å². The van der Waals surface area contributed by atoms with Crippen LogP contribution in [-0.4, -0.2) is 57.4 Å². The number of nitrogen functional groups attached to an aromatic ring is 1. The molecule has 0 amide bonds. The predicted octanol–water partition coefficient (Wildman–Crippen LogP) is 1.67. The van der Waals surface area contributed by atoms with E-state index in [0.717, 1.165) is 25.4 Å². The molecule has 0 spiro atoms. The summed E-state index contributed by atoms with van der Waals surface area (Å²) >= 11 is 1.58. The summed E-state index contributed by atoms with van der Waals surface area (Å²) in [6.07, 6.45) is 3.19. The number of fused-ring (bicyclic) bond motifs is 2. The fraction of sp³-hybridized carbons (Fsp3) is 0.529. The predicted molar refractivity (Wildman–Crippen MR) is 96.0 cm³/mol. The van der Waals surface area contributed by atoms with E-state index in [-0.39, 0.29) is 12.4 Å². The Balaban J connectivity index is 1.25. The number of hydrogen-bond acceptors (Lipinski definition) is 7. The Morgan fingerprint density at radius 3 is 2.65 bits per heavy atom. The van der Waals surface area contributed by atoms with Crippen molar-refractivity contribution in [3.63, 3.8) is 0 Å². The van der Waals surface area contributed by atoms with Crippen LogP contribution in [0.15, 0.2) is 29.4 Å². The monoisotopic (exact) mass is 379 g/mol. The van der Waals surface area contributed by atoms with Gasteiger partial charge in [-0.1, -0.05) is 11.8 Å². The van der Waals surface area contributed by atoms with Gasteiger partial charge in [-0.2, -0.15) is 0 Å². The van der Waals surface area contributed by atoms with E-state index in [1.54, 1.807) is 23.9 Å². The average molecular weight is 379 g/mol. The molecular weight excluding hydrogens is 357 g/mol. The molecule has 0 aliphatic carbocycles. The van der Waals surface area contributed by atoms with Crippen molar-refractivity contribution >= 4 is 11.8 Å². The molecule has 2 saturated heterocycles. The van der Waals surface area contributed by atoms with E-state index in [4.69, 9.17) is 15.3 Å². The lowest BCUT2D eigenvalue weighted by Crippen LogP contribution is -2.43. The highest BCUT2D eigenvalue weighted by Crippen LogP contribution is 2.26. The van der Waals surface area contributed by atoms with Crippen LogP contribution in [0.3, 0.4) is 0 Å².